The molecule has 17 heavy (non-hydrogen) atoms. The van der Waals surface area contributed by atoms with Crippen molar-refractivity contribution in [2.45, 2.75) is 6.10 Å². The molecule has 0 rings (SSSR count). The molecule has 14 heteroatoms. The first-order chi connectivity index (χ1) is 7.91. The summed E-state index contributed by atoms with van der Waals surface area (Å²) in [6.45, 7) is -1.69. The van der Waals surface area contributed by atoms with Gasteiger partial charge in [0.15, 0.2) is 6.10 Å². The molecule has 0 aliphatic carbocycles. The van der Waals surface area contributed by atoms with Gasteiger partial charge in [-0.1, -0.05) is 5.59 Å². The van der Waals surface area contributed by atoms with Gasteiger partial charge in [0.2, 0.25) is 0 Å². The number of nitrogens with one attached hydrogen (secondary N) is 1. The van der Waals surface area contributed by atoms with Gasteiger partial charge in [-0.2, -0.15) is 4.91 Å². The molecule has 0 aliphatic heterocycles. The van der Waals surface area contributed by atoms with Gasteiger partial charge in [-0.3, -0.25) is 0 Å². The first-order valence-electron chi connectivity index (χ1n) is 3.48. The van der Waals surface area contributed by atoms with Crippen molar-refractivity contribution in [3.63, 3.8) is 0 Å². The highest BCUT2D eigenvalue weighted by Crippen LogP contribution is 1.96. The normalized spacial score (nSPS) is 8.53. The number of nitroso groups, excluding NO2 is 1. The highest BCUT2D eigenvalue weighted by Gasteiger charge is 2.17. The molecular formula is C3H6N4O10. The Kier molecular flexibility index (Phi) is 9.53. The molecule has 0 heterocycles. The van der Waals surface area contributed by atoms with E-state index in [0.717, 1.165) is 0 Å². The minimum absolute atomic E-state index is 0.845. The molecule has 0 aromatic carbocycles. The minimum Gasteiger partial charge on any atom is -0.311 e. The molecule has 0 atom stereocenters. The van der Waals surface area contributed by atoms with Crippen LogP contribution in [0.5, 0.6) is 0 Å². The van der Waals surface area contributed by atoms with Gasteiger partial charge in [-0.05, 0) is 0 Å². The van der Waals surface area contributed by atoms with E-state index in [0.29, 0.717) is 0 Å². The molecular weight excluding hydrogens is 252 g/mol. The highest BCUT2D eigenvalue weighted by atomic mass is 17.0. The summed E-state index contributed by atoms with van der Waals surface area (Å²) in [6, 6.07) is 0. The topological polar surface area (TPSA) is 198 Å². The fourth-order valence-electron chi connectivity index (χ4n) is 0.519. The third-order valence-electron chi connectivity index (χ3n) is 0.967. The van der Waals surface area contributed by atoms with E-state index < -0.39 is 34.6 Å². The highest BCUT2D eigenvalue weighted by molar-refractivity contribution is 4.49. The van der Waals surface area contributed by atoms with E-state index in [1.807, 2.05) is 0 Å². The summed E-state index contributed by atoms with van der Waals surface area (Å²) in [7, 11) is 0. The Balaban J connectivity index is 0. The zero-order valence-corrected chi connectivity index (χ0v) is 7.92. The molecule has 14 nitrogen and oxygen atoms in total. The predicted molar refractivity (Wildman–Crippen MR) is 43.8 cm³/mol. The van der Waals surface area contributed by atoms with Crippen molar-refractivity contribution in [2.75, 3.05) is 13.2 Å². The lowest BCUT2D eigenvalue weighted by molar-refractivity contribution is -0.803. The van der Waals surface area contributed by atoms with Crippen LogP contribution in [0.2, 0.25) is 0 Å². The molecule has 1 N–H and O–H groups in total. The van der Waals surface area contributed by atoms with Crippen molar-refractivity contribution >= 4 is 0 Å². The molecule has 0 radical (unpaired) electrons. The summed E-state index contributed by atoms with van der Waals surface area (Å²) in [4.78, 5) is 48.0. The summed E-state index contributed by atoms with van der Waals surface area (Å²) in [5.74, 6) is 0. The molecule has 0 bridgehead atoms. The molecule has 0 saturated carbocycles. The van der Waals surface area contributed by atoms with Crippen LogP contribution in [0.25, 0.3) is 0 Å². The first-order valence-corrected chi connectivity index (χ1v) is 3.48. The molecule has 0 aromatic heterocycles. The van der Waals surface area contributed by atoms with E-state index in [9.17, 15) is 30.3 Å². The van der Waals surface area contributed by atoms with Gasteiger partial charge < -0.3 is 14.5 Å². The third kappa shape index (κ3) is 13.2. The monoisotopic (exact) mass is 258 g/mol. The van der Waals surface area contributed by atoms with Gasteiger partial charge in [0.1, 0.15) is 13.2 Å². The van der Waals surface area contributed by atoms with E-state index in [1.165, 1.54) is 0 Å². The molecule has 98 valence electrons. The zero-order chi connectivity index (χ0) is 13.8. The Morgan fingerprint density at radius 2 is 1.24 bits per heavy atom. The maximum absolute atomic E-state index is 9.83. The van der Waals surface area contributed by atoms with Gasteiger partial charge in [0.25, 0.3) is 15.3 Å². The van der Waals surface area contributed by atoms with E-state index in [4.69, 9.17) is 4.91 Å². The van der Waals surface area contributed by atoms with E-state index in [2.05, 4.69) is 20.1 Å². The van der Waals surface area contributed by atoms with Gasteiger partial charge >= 0.3 is 0 Å². The lowest BCUT2D eigenvalue weighted by Crippen LogP contribution is -2.30. The first kappa shape index (κ1) is 16.6. The summed E-state index contributed by atoms with van der Waals surface area (Å²) in [6.07, 6.45) is -1.55. The lowest BCUT2D eigenvalue weighted by atomic mass is 10.4. The van der Waals surface area contributed by atoms with Crippen molar-refractivity contribution in [1.82, 2.24) is 0 Å². The molecule has 0 aliphatic rings. The largest absolute Gasteiger partial charge is 0.311 e. The maximum atomic E-state index is 9.83. The van der Waals surface area contributed by atoms with Gasteiger partial charge in [-0.15, -0.1) is 30.3 Å². The SMILES string of the molecule is N=O.O=[N+]([O-])OCC(CO[N+](=O)[O-])O[N+](=O)[O-]. The van der Waals surface area contributed by atoms with Crippen LogP contribution in [0.4, 0.5) is 0 Å². The molecule has 0 saturated heterocycles. The Labute approximate surface area is 91.1 Å². The van der Waals surface area contributed by atoms with Crippen LogP contribution in [-0.4, -0.2) is 34.6 Å². The van der Waals surface area contributed by atoms with Crippen molar-refractivity contribution in [1.29, 1.82) is 5.59 Å². The molecule has 0 fully saturated rings. The van der Waals surface area contributed by atoms with Crippen LogP contribution in [0.15, 0.2) is 0 Å². The van der Waals surface area contributed by atoms with Crippen molar-refractivity contribution < 1.29 is 29.8 Å². The quantitative estimate of drug-likeness (QED) is 0.330. The van der Waals surface area contributed by atoms with E-state index in [1.54, 1.807) is 0 Å². The van der Waals surface area contributed by atoms with Crippen molar-refractivity contribution in [3.8, 4) is 0 Å². The maximum Gasteiger partial charge on any atom is 0.294 e. The fraction of sp³-hybridized carbons (Fsp3) is 1.00. The zero-order valence-electron chi connectivity index (χ0n) is 7.92. The molecule has 0 amide bonds. The Morgan fingerprint density at radius 1 is 0.882 bits per heavy atom. The Bertz CT molecular complexity index is 250. The second-order valence-electron chi connectivity index (χ2n) is 1.99. The Morgan fingerprint density at radius 3 is 1.47 bits per heavy atom. The van der Waals surface area contributed by atoms with Gasteiger partial charge in [-0.25, -0.2) is 0 Å². The van der Waals surface area contributed by atoms with E-state index in [-0.39, 0.29) is 0 Å². The van der Waals surface area contributed by atoms with Gasteiger partial charge in [0.05, 0.1) is 0 Å². The van der Waals surface area contributed by atoms with Gasteiger partial charge in [0, 0.05) is 0 Å². The standard InChI is InChI=1S/C3H5N3O9.HNO/c7-4(8)13-1-3(15-6(11)12)2-14-5(9)10;1-2/h3H,1-2H2;1H. The summed E-state index contributed by atoms with van der Waals surface area (Å²) in [5, 5.41) is 25.5. The molecule has 0 spiro atoms. The summed E-state index contributed by atoms with van der Waals surface area (Å²) >= 11 is 0. The summed E-state index contributed by atoms with van der Waals surface area (Å²) < 4.78 is 0. The van der Waals surface area contributed by atoms with E-state index >= 15 is 0 Å². The third-order valence-corrected chi connectivity index (χ3v) is 0.967. The molecule has 0 aromatic rings. The van der Waals surface area contributed by atoms with Crippen molar-refractivity contribution in [2.24, 2.45) is 0 Å². The average molecular weight is 258 g/mol. The van der Waals surface area contributed by atoms with Crippen molar-refractivity contribution in [3.05, 3.63) is 35.3 Å². The van der Waals surface area contributed by atoms with Crippen LogP contribution in [0.1, 0.15) is 0 Å². The average Bonchev–Trinajstić information content (AvgIpc) is 2.24. The van der Waals surface area contributed by atoms with Crippen LogP contribution in [0.3, 0.4) is 0 Å². The lowest BCUT2D eigenvalue weighted by Gasteiger charge is -2.11. The summed E-state index contributed by atoms with van der Waals surface area (Å²) in [5.41, 5.74) is 4.50. The van der Waals surface area contributed by atoms with Crippen LogP contribution >= 0.6 is 0 Å². The number of hydrogen-bond acceptors (Lipinski definition) is 11. The smallest absolute Gasteiger partial charge is 0.294 e. The number of hydrogen-bond donors (Lipinski definition) is 1. The van der Waals surface area contributed by atoms with Crippen LogP contribution in [-0.2, 0) is 14.5 Å². The number of rotatable bonds is 8. The van der Waals surface area contributed by atoms with Crippen LogP contribution < -0.4 is 0 Å². The fourth-order valence-corrected chi connectivity index (χ4v) is 0.519. The molecule has 0 unspecified atom stereocenters. The Hall–Kier alpha value is -2.80. The predicted octanol–water partition coefficient (Wildman–Crippen LogP) is -0.689. The second-order valence-corrected chi connectivity index (χ2v) is 1.99. The minimum atomic E-state index is -1.55. The number of nitrogens with zero attached hydrogens (tertiary/aromatic N) is 3. The second kappa shape index (κ2) is 9.74. The van der Waals surface area contributed by atoms with Crippen LogP contribution in [0, 0.1) is 40.8 Å².